The molecule has 0 bridgehead atoms. The molecule has 0 saturated carbocycles. The van der Waals surface area contributed by atoms with Crippen molar-refractivity contribution in [3.63, 3.8) is 0 Å². The number of nitrogens with zero attached hydrogens (tertiary/aromatic N) is 3. The normalized spacial score (nSPS) is 20.2. The van der Waals surface area contributed by atoms with Gasteiger partial charge in [0.25, 0.3) is 0 Å². The number of aryl methyl sites for hydroxylation is 2. The highest BCUT2D eigenvalue weighted by Crippen LogP contribution is 2.14. The molecule has 1 aromatic heterocycles. The first-order valence-electron chi connectivity index (χ1n) is 6.09. The zero-order valence-electron chi connectivity index (χ0n) is 10.9. The highest BCUT2D eigenvalue weighted by atomic mass is 16.2. The second kappa shape index (κ2) is 4.80. The van der Waals surface area contributed by atoms with Crippen molar-refractivity contribution in [3.05, 3.63) is 17.5 Å². The van der Waals surface area contributed by atoms with Gasteiger partial charge in [-0.1, -0.05) is 6.92 Å². The van der Waals surface area contributed by atoms with E-state index < -0.39 is 0 Å². The number of amides is 2. The van der Waals surface area contributed by atoms with E-state index in [1.807, 2.05) is 27.0 Å². The van der Waals surface area contributed by atoms with E-state index in [9.17, 15) is 9.59 Å². The Labute approximate surface area is 106 Å². The van der Waals surface area contributed by atoms with E-state index in [0.29, 0.717) is 13.0 Å². The maximum atomic E-state index is 11.9. The number of carbonyl (C=O) groups is 2. The first-order valence-corrected chi connectivity index (χ1v) is 6.09. The van der Waals surface area contributed by atoms with Crippen LogP contribution in [0.15, 0.2) is 6.07 Å². The lowest BCUT2D eigenvalue weighted by molar-refractivity contribution is -0.146. The van der Waals surface area contributed by atoms with Gasteiger partial charge in [0.1, 0.15) is 6.04 Å². The maximum Gasteiger partial charge on any atom is 0.243 e. The Morgan fingerprint density at radius 1 is 1.50 bits per heavy atom. The summed E-state index contributed by atoms with van der Waals surface area (Å²) in [5, 5.41) is 6.87. The summed E-state index contributed by atoms with van der Waals surface area (Å²) in [5.74, 6) is -0.115. The van der Waals surface area contributed by atoms with E-state index in [0.717, 1.165) is 11.4 Å². The molecule has 2 amide bonds. The molecule has 0 radical (unpaired) electrons. The third-order valence-corrected chi connectivity index (χ3v) is 3.23. The average Bonchev–Trinajstić information content (AvgIpc) is 2.63. The molecule has 1 aliphatic rings. The fraction of sp³-hybridized carbons (Fsp3) is 0.583. The minimum Gasteiger partial charge on any atom is -0.345 e. The van der Waals surface area contributed by atoms with Crippen LogP contribution in [0.5, 0.6) is 0 Å². The number of hydrogen-bond donors (Lipinski definition) is 1. The van der Waals surface area contributed by atoms with Crippen molar-refractivity contribution in [1.82, 2.24) is 20.0 Å². The monoisotopic (exact) mass is 250 g/mol. The van der Waals surface area contributed by atoms with E-state index in [1.54, 1.807) is 9.58 Å². The first-order chi connectivity index (χ1) is 8.52. The summed E-state index contributed by atoms with van der Waals surface area (Å²) in [6, 6.07) is 1.56. The summed E-state index contributed by atoms with van der Waals surface area (Å²) in [5.41, 5.74) is 1.85. The SMILES string of the molecule is CCC1C(=O)NCC(=O)N1Cc1cc(C)nn1C. The number of carbonyl (C=O) groups excluding carboxylic acids is 2. The summed E-state index contributed by atoms with van der Waals surface area (Å²) in [7, 11) is 1.85. The van der Waals surface area contributed by atoms with Crippen molar-refractivity contribution in [2.75, 3.05) is 6.54 Å². The Kier molecular flexibility index (Phi) is 3.36. The molecule has 1 atom stereocenters. The van der Waals surface area contributed by atoms with Crippen LogP contribution < -0.4 is 5.32 Å². The van der Waals surface area contributed by atoms with E-state index in [1.165, 1.54) is 0 Å². The van der Waals surface area contributed by atoms with Crippen LogP contribution in [0.2, 0.25) is 0 Å². The number of hydrogen-bond acceptors (Lipinski definition) is 3. The van der Waals surface area contributed by atoms with Crippen LogP contribution in [0.3, 0.4) is 0 Å². The van der Waals surface area contributed by atoms with Gasteiger partial charge in [-0.15, -0.1) is 0 Å². The minimum absolute atomic E-state index is 0.0414. The lowest BCUT2D eigenvalue weighted by Gasteiger charge is -2.34. The molecule has 2 rings (SSSR count). The molecule has 1 aromatic rings. The van der Waals surface area contributed by atoms with Gasteiger partial charge in [0, 0.05) is 7.05 Å². The van der Waals surface area contributed by atoms with Gasteiger partial charge in [0.05, 0.1) is 24.5 Å². The highest BCUT2D eigenvalue weighted by molar-refractivity contribution is 5.94. The Bertz CT molecular complexity index is 480. The maximum absolute atomic E-state index is 11.9. The fourth-order valence-corrected chi connectivity index (χ4v) is 2.29. The van der Waals surface area contributed by atoms with E-state index in [2.05, 4.69) is 10.4 Å². The Morgan fingerprint density at radius 2 is 2.22 bits per heavy atom. The van der Waals surface area contributed by atoms with Crippen molar-refractivity contribution in [3.8, 4) is 0 Å². The van der Waals surface area contributed by atoms with Crippen molar-refractivity contribution in [2.24, 2.45) is 7.05 Å². The smallest absolute Gasteiger partial charge is 0.243 e. The molecule has 0 spiro atoms. The van der Waals surface area contributed by atoms with Crippen LogP contribution in [0.1, 0.15) is 24.7 Å². The second-order valence-electron chi connectivity index (χ2n) is 4.56. The molecule has 0 aliphatic carbocycles. The summed E-state index contributed by atoms with van der Waals surface area (Å²) in [6.45, 7) is 4.34. The first kappa shape index (κ1) is 12.6. The quantitative estimate of drug-likeness (QED) is 0.819. The van der Waals surface area contributed by atoms with Crippen molar-refractivity contribution in [1.29, 1.82) is 0 Å². The molecule has 98 valence electrons. The van der Waals surface area contributed by atoms with Gasteiger partial charge in [0.2, 0.25) is 11.8 Å². The largest absolute Gasteiger partial charge is 0.345 e. The summed E-state index contributed by atoms with van der Waals surface area (Å²) >= 11 is 0. The Hall–Kier alpha value is -1.85. The lowest BCUT2D eigenvalue weighted by atomic mass is 10.1. The predicted octanol–water partition coefficient (Wildman–Crippen LogP) is -0.0345. The van der Waals surface area contributed by atoms with Crippen LogP contribution in [0, 0.1) is 6.92 Å². The Balaban J connectivity index is 2.21. The number of aromatic nitrogens is 2. The van der Waals surface area contributed by atoms with E-state index >= 15 is 0 Å². The summed E-state index contributed by atoms with van der Waals surface area (Å²) in [6.07, 6.45) is 0.619. The molecule has 2 heterocycles. The molecule has 18 heavy (non-hydrogen) atoms. The zero-order valence-corrected chi connectivity index (χ0v) is 10.9. The molecule has 1 N–H and O–H groups in total. The van der Waals surface area contributed by atoms with Crippen LogP contribution in [0.25, 0.3) is 0 Å². The molecular weight excluding hydrogens is 232 g/mol. The van der Waals surface area contributed by atoms with Gasteiger partial charge in [-0.05, 0) is 19.4 Å². The van der Waals surface area contributed by atoms with Crippen LogP contribution in [-0.2, 0) is 23.2 Å². The van der Waals surface area contributed by atoms with Gasteiger partial charge >= 0.3 is 0 Å². The molecule has 6 heteroatoms. The van der Waals surface area contributed by atoms with Gasteiger partial charge in [-0.3, -0.25) is 14.3 Å². The predicted molar refractivity (Wildman–Crippen MR) is 65.6 cm³/mol. The van der Waals surface area contributed by atoms with Crippen LogP contribution in [0.4, 0.5) is 0 Å². The fourth-order valence-electron chi connectivity index (χ4n) is 2.29. The van der Waals surface area contributed by atoms with E-state index in [-0.39, 0.29) is 24.4 Å². The molecular formula is C12H18N4O2. The standard InChI is InChI=1S/C12H18N4O2/c1-4-10-12(18)13-6-11(17)16(10)7-9-5-8(2)14-15(9)3/h5,10H,4,6-7H2,1-3H3,(H,13,18). The van der Waals surface area contributed by atoms with Crippen molar-refractivity contribution < 1.29 is 9.59 Å². The van der Waals surface area contributed by atoms with Crippen LogP contribution >= 0.6 is 0 Å². The van der Waals surface area contributed by atoms with Crippen molar-refractivity contribution in [2.45, 2.75) is 32.9 Å². The molecule has 1 fully saturated rings. The minimum atomic E-state index is -0.374. The van der Waals surface area contributed by atoms with Gasteiger partial charge in [-0.2, -0.15) is 5.10 Å². The third kappa shape index (κ3) is 2.23. The third-order valence-electron chi connectivity index (χ3n) is 3.23. The Morgan fingerprint density at radius 3 is 2.78 bits per heavy atom. The van der Waals surface area contributed by atoms with Gasteiger partial charge in [0.15, 0.2) is 0 Å². The highest BCUT2D eigenvalue weighted by Gasteiger charge is 2.33. The topological polar surface area (TPSA) is 67.2 Å². The molecule has 1 saturated heterocycles. The zero-order chi connectivity index (χ0) is 13.3. The van der Waals surface area contributed by atoms with Gasteiger partial charge < -0.3 is 10.2 Å². The summed E-state index contributed by atoms with van der Waals surface area (Å²) in [4.78, 5) is 25.3. The van der Waals surface area contributed by atoms with Crippen molar-refractivity contribution >= 4 is 11.8 Å². The number of piperazine rings is 1. The van der Waals surface area contributed by atoms with Gasteiger partial charge in [-0.25, -0.2) is 0 Å². The average molecular weight is 250 g/mol. The van der Waals surface area contributed by atoms with Crippen LogP contribution in [-0.4, -0.2) is 39.1 Å². The molecule has 1 unspecified atom stereocenters. The second-order valence-corrected chi connectivity index (χ2v) is 4.56. The number of nitrogens with one attached hydrogen (secondary N) is 1. The van der Waals surface area contributed by atoms with E-state index in [4.69, 9.17) is 0 Å². The lowest BCUT2D eigenvalue weighted by Crippen LogP contribution is -2.57. The molecule has 1 aliphatic heterocycles. The summed E-state index contributed by atoms with van der Waals surface area (Å²) < 4.78 is 1.75. The number of rotatable bonds is 3. The molecule has 6 nitrogen and oxygen atoms in total. The molecule has 0 aromatic carbocycles.